The summed E-state index contributed by atoms with van der Waals surface area (Å²) in [5.74, 6) is 1.83. The third kappa shape index (κ3) is 4.05. The average Bonchev–Trinajstić information content (AvgIpc) is 2.82. The Morgan fingerprint density at radius 1 is 1.47 bits per heavy atom. The van der Waals surface area contributed by atoms with Crippen LogP contribution in [0.15, 0.2) is 12.4 Å². The van der Waals surface area contributed by atoms with Crippen LogP contribution in [0.1, 0.15) is 51.8 Å². The number of hydrogen-bond acceptors (Lipinski definition) is 3. The minimum atomic E-state index is -0.505. The molecule has 2 rings (SSSR count). The third-order valence-electron chi connectivity index (χ3n) is 4.21. The Morgan fingerprint density at radius 2 is 2.21 bits per heavy atom. The zero-order valence-corrected chi connectivity index (χ0v) is 12.2. The summed E-state index contributed by atoms with van der Waals surface area (Å²) in [5.41, 5.74) is -0.505. The van der Waals surface area contributed by atoms with Gasteiger partial charge in [-0.15, -0.1) is 0 Å². The molecule has 0 amide bonds. The van der Waals surface area contributed by atoms with Gasteiger partial charge in [-0.1, -0.05) is 13.8 Å². The molecule has 0 radical (unpaired) electrons. The fourth-order valence-electron chi connectivity index (χ4n) is 2.83. The second-order valence-corrected chi connectivity index (χ2v) is 6.05. The summed E-state index contributed by atoms with van der Waals surface area (Å²) in [6.45, 7) is 6.88. The van der Waals surface area contributed by atoms with E-state index in [4.69, 9.17) is 0 Å². The molecule has 1 aromatic heterocycles. The summed E-state index contributed by atoms with van der Waals surface area (Å²) in [7, 11) is 0. The summed E-state index contributed by atoms with van der Waals surface area (Å²) in [4.78, 5) is 4.37. The van der Waals surface area contributed by atoms with Crippen LogP contribution in [0.2, 0.25) is 0 Å². The lowest BCUT2D eigenvalue weighted by atomic mass is 9.79. The minimum absolute atomic E-state index is 0.505. The molecule has 1 aromatic rings. The molecule has 0 atom stereocenters. The lowest BCUT2D eigenvalue weighted by Crippen LogP contribution is -2.43. The molecule has 1 saturated carbocycles. The summed E-state index contributed by atoms with van der Waals surface area (Å²) in [6, 6.07) is 0. The number of aliphatic hydroxyl groups is 1. The van der Waals surface area contributed by atoms with Crippen LogP contribution in [-0.2, 0) is 13.1 Å². The predicted molar refractivity (Wildman–Crippen MR) is 76.8 cm³/mol. The number of aryl methyl sites for hydroxylation is 1. The van der Waals surface area contributed by atoms with E-state index in [1.165, 1.54) is 0 Å². The van der Waals surface area contributed by atoms with E-state index in [0.717, 1.165) is 56.9 Å². The van der Waals surface area contributed by atoms with Crippen LogP contribution in [0.3, 0.4) is 0 Å². The summed E-state index contributed by atoms with van der Waals surface area (Å²) < 4.78 is 2.18. The molecule has 1 aliphatic rings. The number of nitrogens with one attached hydrogen (secondary N) is 1. The molecule has 19 heavy (non-hydrogen) atoms. The van der Waals surface area contributed by atoms with Gasteiger partial charge in [-0.3, -0.25) is 0 Å². The molecule has 1 aliphatic carbocycles. The standard InChI is InChI=1S/C15H27N3O/c1-3-9-18-10-8-17-14(18)11-16-12-15(19)6-4-13(2)5-7-15/h8,10,13,16,19H,3-7,9,11-12H2,1-2H3. The van der Waals surface area contributed by atoms with Gasteiger partial charge in [0.15, 0.2) is 0 Å². The van der Waals surface area contributed by atoms with Crippen molar-refractivity contribution in [2.75, 3.05) is 6.54 Å². The zero-order valence-electron chi connectivity index (χ0n) is 12.2. The molecule has 4 heteroatoms. The van der Waals surface area contributed by atoms with Crippen molar-refractivity contribution < 1.29 is 5.11 Å². The zero-order chi connectivity index (χ0) is 13.7. The highest BCUT2D eigenvalue weighted by molar-refractivity contribution is 4.93. The van der Waals surface area contributed by atoms with Gasteiger partial charge in [0.2, 0.25) is 0 Å². The van der Waals surface area contributed by atoms with Crippen molar-refractivity contribution in [1.82, 2.24) is 14.9 Å². The number of hydrogen-bond donors (Lipinski definition) is 2. The number of imidazole rings is 1. The maximum Gasteiger partial charge on any atom is 0.122 e. The van der Waals surface area contributed by atoms with Crippen LogP contribution in [0, 0.1) is 5.92 Å². The van der Waals surface area contributed by atoms with Gasteiger partial charge in [-0.05, 0) is 38.0 Å². The first kappa shape index (κ1) is 14.5. The molecule has 0 unspecified atom stereocenters. The average molecular weight is 265 g/mol. The largest absolute Gasteiger partial charge is 0.389 e. The number of aromatic nitrogens is 2. The van der Waals surface area contributed by atoms with Crippen LogP contribution in [-0.4, -0.2) is 26.8 Å². The Hall–Kier alpha value is -0.870. The predicted octanol–water partition coefficient (Wildman–Crippen LogP) is 2.32. The quantitative estimate of drug-likeness (QED) is 0.830. The first-order chi connectivity index (χ1) is 9.13. The second-order valence-electron chi connectivity index (χ2n) is 6.05. The van der Waals surface area contributed by atoms with Gasteiger partial charge >= 0.3 is 0 Å². The van der Waals surface area contributed by atoms with E-state index >= 15 is 0 Å². The van der Waals surface area contributed by atoms with Crippen molar-refractivity contribution in [2.24, 2.45) is 5.92 Å². The summed E-state index contributed by atoms with van der Waals surface area (Å²) >= 11 is 0. The van der Waals surface area contributed by atoms with Crippen LogP contribution in [0.5, 0.6) is 0 Å². The van der Waals surface area contributed by atoms with E-state index in [2.05, 4.69) is 28.7 Å². The van der Waals surface area contributed by atoms with Gasteiger partial charge < -0.3 is 15.0 Å². The van der Waals surface area contributed by atoms with Gasteiger partial charge in [0.25, 0.3) is 0 Å². The monoisotopic (exact) mass is 265 g/mol. The first-order valence-electron chi connectivity index (χ1n) is 7.56. The van der Waals surface area contributed by atoms with E-state index in [9.17, 15) is 5.11 Å². The molecule has 1 fully saturated rings. The molecule has 108 valence electrons. The molecule has 2 N–H and O–H groups in total. The number of nitrogens with zero attached hydrogens (tertiary/aromatic N) is 2. The van der Waals surface area contributed by atoms with E-state index in [1.54, 1.807) is 0 Å². The highest BCUT2D eigenvalue weighted by Gasteiger charge is 2.31. The van der Waals surface area contributed by atoms with Crippen molar-refractivity contribution in [3.05, 3.63) is 18.2 Å². The molecule has 0 spiro atoms. The maximum atomic E-state index is 10.5. The van der Waals surface area contributed by atoms with E-state index in [0.29, 0.717) is 6.54 Å². The summed E-state index contributed by atoms with van der Waals surface area (Å²) in [6.07, 6.45) is 9.12. The van der Waals surface area contributed by atoms with E-state index < -0.39 is 5.60 Å². The van der Waals surface area contributed by atoms with Crippen molar-refractivity contribution in [1.29, 1.82) is 0 Å². The Bertz CT molecular complexity index is 380. The second kappa shape index (κ2) is 6.53. The van der Waals surface area contributed by atoms with Crippen molar-refractivity contribution in [2.45, 2.75) is 64.6 Å². The molecule has 0 aliphatic heterocycles. The highest BCUT2D eigenvalue weighted by atomic mass is 16.3. The van der Waals surface area contributed by atoms with Gasteiger partial charge in [-0.2, -0.15) is 0 Å². The summed E-state index contributed by atoms with van der Waals surface area (Å²) in [5, 5.41) is 13.9. The lowest BCUT2D eigenvalue weighted by Gasteiger charge is -2.35. The third-order valence-corrected chi connectivity index (χ3v) is 4.21. The van der Waals surface area contributed by atoms with Crippen LogP contribution < -0.4 is 5.32 Å². The van der Waals surface area contributed by atoms with E-state index in [-0.39, 0.29) is 0 Å². The van der Waals surface area contributed by atoms with Gasteiger partial charge in [0.05, 0.1) is 12.1 Å². The fraction of sp³-hybridized carbons (Fsp3) is 0.800. The Kier molecular flexibility index (Phi) is 4.99. The van der Waals surface area contributed by atoms with Crippen LogP contribution >= 0.6 is 0 Å². The number of rotatable bonds is 6. The van der Waals surface area contributed by atoms with Gasteiger partial charge in [0, 0.05) is 25.5 Å². The van der Waals surface area contributed by atoms with E-state index in [1.807, 2.05) is 12.4 Å². The normalized spacial score (nSPS) is 27.6. The van der Waals surface area contributed by atoms with Crippen molar-refractivity contribution in [3.8, 4) is 0 Å². The maximum absolute atomic E-state index is 10.5. The topological polar surface area (TPSA) is 50.1 Å². The van der Waals surface area contributed by atoms with Gasteiger partial charge in [0.1, 0.15) is 5.82 Å². The molecule has 0 aromatic carbocycles. The SMILES string of the molecule is CCCn1ccnc1CNCC1(O)CCC(C)CC1. The molecule has 0 bridgehead atoms. The molecule has 0 saturated heterocycles. The minimum Gasteiger partial charge on any atom is -0.389 e. The van der Waals surface area contributed by atoms with Crippen molar-refractivity contribution >= 4 is 0 Å². The Balaban J connectivity index is 1.78. The van der Waals surface area contributed by atoms with Crippen LogP contribution in [0.25, 0.3) is 0 Å². The molecular weight excluding hydrogens is 238 g/mol. The fourth-order valence-corrected chi connectivity index (χ4v) is 2.83. The molecule has 4 nitrogen and oxygen atoms in total. The van der Waals surface area contributed by atoms with Gasteiger partial charge in [-0.25, -0.2) is 4.98 Å². The highest BCUT2D eigenvalue weighted by Crippen LogP contribution is 2.31. The molecule has 1 heterocycles. The smallest absolute Gasteiger partial charge is 0.122 e. The van der Waals surface area contributed by atoms with Crippen LogP contribution in [0.4, 0.5) is 0 Å². The first-order valence-corrected chi connectivity index (χ1v) is 7.56. The Morgan fingerprint density at radius 3 is 2.89 bits per heavy atom. The Labute approximate surface area is 116 Å². The lowest BCUT2D eigenvalue weighted by molar-refractivity contribution is -0.00645. The molecular formula is C15H27N3O. The van der Waals surface area contributed by atoms with Crippen molar-refractivity contribution in [3.63, 3.8) is 0 Å².